The monoisotopic (exact) mass is 362 g/mol. The fourth-order valence-corrected chi connectivity index (χ4v) is 2.03. The van der Waals surface area contributed by atoms with Crippen molar-refractivity contribution in [2.75, 3.05) is 12.4 Å². The summed E-state index contributed by atoms with van der Waals surface area (Å²) < 4.78 is 4.64. The van der Waals surface area contributed by atoms with Gasteiger partial charge in [-0.3, -0.25) is 0 Å². The third-order valence-electron chi connectivity index (χ3n) is 2.87. The Morgan fingerprint density at radius 3 is 2.09 bits per heavy atom. The molecule has 0 spiro atoms. The lowest BCUT2D eigenvalue weighted by atomic mass is 10.0. The Balaban J connectivity index is 0.000000346. The van der Waals surface area contributed by atoms with E-state index in [2.05, 4.69) is 20.7 Å². The number of rotatable bonds is 5. The van der Waals surface area contributed by atoms with E-state index in [-0.39, 0.29) is 5.97 Å². The molecule has 2 aromatic rings. The number of alkyl halides is 1. The van der Waals surface area contributed by atoms with Crippen LogP contribution in [-0.4, -0.2) is 24.7 Å². The van der Waals surface area contributed by atoms with Gasteiger partial charge in [0.1, 0.15) is 6.29 Å². The number of benzene rings is 2. The summed E-state index contributed by atoms with van der Waals surface area (Å²) >= 11 is 3.19. The van der Waals surface area contributed by atoms with E-state index in [9.17, 15) is 9.59 Å². The summed E-state index contributed by atoms with van der Waals surface area (Å²) in [5, 5.41) is 0.936. The number of aldehydes is 1. The highest BCUT2D eigenvalue weighted by Crippen LogP contribution is 2.19. The fourth-order valence-electron chi connectivity index (χ4n) is 1.71. The van der Waals surface area contributed by atoms with E-state index in [4.69, 9.17) is 0 Å². The van der Waals surface area contributed by atoms with Crippen molar-refractivity contribution in [1.82, 2.24) is 0 Å². The van der Waals surface area contributed by atoms with Crippen molar-refractivity contribution in [3.8, 4) is 11.1 Å². The number of carbonyl (C=O) groups excluding carboxylic acids is 2. The van der Waals surface area contributed by atoms with Gasteiger partial charge in [-0.1, -0.05) is 58.4 Å². The molecule has 0 atom stereocenters. The van der Waals surface area contributed by atoms with E-state index in [1.54, 1.807) is 12.1 Å². The van der Waals surface area contributed by atoms with Gasteiger partial charge in [-0.15, -0.1) is 0 Å². The van der Waals surface area contributed by atoms with Gasteiger partial charge in [-0.2, -0.15) is 0 Å². The zero-order valence-corrected chi connectivity index (χ0v) is 14.1. The van der Waals surface area contributed by atoms with E-state index in [1.165, 1.54) is 7.11 Å². The van der Waals surface area contributed by atoms with Crippen molar-refractivity contribution in [1.29, 1.82) is 0 Å². The molecule has 0 aliphatic carbocycles. The lowest BCUT2D eigenvalue weighted by molar-refractivity contribution is -0.107. The number of methoxy groups -OCH3 is 1. The minimum Gasteiger partial charge on any atom is -0.465 e. The van der Waals surface area contributed by atoms with Gasteiger partial charge in [-0.25, -0.2) is 4.79 Å². The van der Waals surface area contributed by atoms with Gasteiger partial charge in [0.2, 0.25) is 0 Å². The summed E-state index contributed by atoms with van der Waals surface area (Å²) in [5.74, 6) is -0.306. The molecule has 0 saturated heterocycles. The smallest absolute Gasteiger partial charge is 0.337 e. The Morgan fingerprint density at radius 1 is 1.05 bits per heavy atom. The van der Waals surface area contributed by atoms with Crippen LogP contribution in [0.1, 0.15) is 23.2 Å². The summed E-state index contributed by atoms with van der Waals surface area (Å²) in [6, 6.07) is 17.4. The second-order valence-corrected chi connectivity index (χ2v) is 5.23. The summed E-state index contributed by atoms with van der Waals surface area (Å²) in [6.45, 7) is 0. The average Bonchev–Trinajstić information content (AvgIpc) is 2.60. The SMILES string of the molecule is COC(=O)c1ccc(-c2ccccc2)cc1.O=CCCCBr. The number of hydrogen-bond acceptors (Lipinski definition) is 3. The molecule has 4 heteroatoms. The summed E-state index contributed by atoms with van der Waals surface area (Å²) in [5.41, 5.74) is 2.80. The molecular formula is C18H19BrO3. The predicted molar refractivity (Wildman–Crippen MR) is 92.3 cm³/mol. The Labute approximate surface area is 139 Å². The molecule has 0 unspecified atom stereocenters. The first kappa shape index (κ1) is 18.1. The molecule has 2 aromatic carbocycles. The van der Waals surface area contributed by atoms with Gasteiger partial charge in [0.05, 0.1) is 12.7 Å². The lowest BCUT2D eigenvalue weighted by Gasteiger charge is -2.02. The van der Waals surface area contributed by atoms with E-state index in [1.807, 2.05) is 42.5 Å². The number of esters is 1. The Bertz CT molecular complexity index is 565. The van der Waals surface area contributed by atoms with Crippen LogP contribution in [0.4, 0.5) is 0 Å². The average molecular weight is 363 g/mol. The molecular weight excluding hydrogens is 344 g/mol. The zero-order valence-electron chi connectivity index (χ0n) is 12.5. The van der Waals surface area contributed by atoms with Gasteiger partial charge in [-0.05, 0) is 29.7 Å². The summed E-state index contributed by atoms with van der Waals surface area (Å²) in [4.78, 5) is 20.8. The largest absolute Gasteiger partial charge is 0.465 e. The molecule has 22 heavy (non-hydrogen) atoms. The highest BCUT2D eigenvalue weighted by Gasteiger charge is 2.04. The highest BCUT2D eigenvalue weighted by atomic mass is 79.9. The highest BCUT2D eigenvalue weighted by molar-refractivity contribution is 9.09. The van der Waals surface area contributed by atoms with Crippen molar-refractivity contribution >= 4 is 28.2 Å². The molecule has 0 aliphatic rings. The first-order valence-electron chi connectivity index (χ1n) is 6.96. The Kier molecular flexibility index (Phi) is 8.84. The van der Waals surface area contributed by atoms with E-state index in [0.29, 0.717) is 12.0 Å². The van der Waals surface area contributed by atoms with Crippen LogP contribution in [0, 0.1) is 0 Å². The third-order valence-corrected chi connectivity index (χ3v) is 3.43. The number of unbranched alkanes of at least 4 members (excludes halogenated alkanes) is 1. The van der Waals surface area contributed by atoms with Crippen LogP contribution in [0.2, 0.25) is 0 Å². The van der Waals surface area contributed by atoms with Crippen LogP contribution in [-0.2, 0) is 9.53 Å². The molecule has 0 aliphatic heterocycles. The molecule has 0 N–H and O–H groups in total. The minimum atomic E-state index is -0.306. The molecule has 2 rings (SSSR count). The molecule has 0 bridgehead atoms. The van der Waals surface area contributed by atoms with Crippen molar-refractivity contribution in [2.24, 2.45) is 0 Å². The van der Waals surface area contributed by atoms with Crippen molar-refractivity contribution in [2.45, 2.75) is 12.8 Å². The van der Waals surface area contributed by atoms with Gasteiger partial charge in [0.15, 0.2) is 0 Å². The Morgan fingerprint density at radius 2 is 1.64 bits per heavy atom. The third kappa shape index (κ3) is 6.22. The number of halogens is 1. The lowest BCUT2D eigenvalue weighted by Crippen LogP contribution is -2.00. The Hall–Kier alpha value is -1.94. The number of ether oxygens (including phenoxy) is 1. The van der Waals surface area contributed by atoms with Crippen LogP contribution in [0.5, 0.6) is 0 Å². The summed E-state index contributed by atoms with van der Waals surface area (Å²) in [6.07, 6.45) is 2.58. The van der Waals surface area contributed by atoms with E-state index < -0.39 is 0 Å². The maximum absolute atomic E-state index is 11.2. The zero-order chi connectivity index (χ0) is 16.2. The molecule has 116 valence electrons. The van der Waals surface area contributed by atoms with Gasteiger partial charge >= 0.3 is 5.97 Å². The van der Waals surface area contributed by atoms with Crippen molar-refractivity contribution < 1.29 is 14.3 Å². The summed E-state index contributed by atoms with van der Waals surface area (Å²) in [7, 11) is 1.38. The molecule has 0 saturated carbocycles. The number of hydrogen-bond donors (Lipinski definition) is 0. The van der Waals surface area contributed by atoms with Crippen LogP contribution < -0.4 is 0 Å². The second kappa shape index (κ2) is 10.7. The maximum atomic E-state index is 11.2. The van der Waals surface area contributed by atoms with Crippen molar-refractivity contribution in [3.63, 3.8) is 0 Å². The van der Waals surface area contributed by atoms with E-state index in [0.717, 1.165) is 29.2 Å². The first-order chi connectivity index (χ1) is 10.7. The first-order valence-corrected chi connectivity index (χ1v) is 8.08. The van der Waals surface area contributed by atoms with Crippen LogP contribution >= 0.6 is 15.9 Å². The standard InChI is InChI=1S/C14H12O2.C4H7BrO/c1-16-14(15)13-9-7-12(8-10-13)11-5-3-2-4-6-11;5-3-1-2-4-6/h2-10H,1H3;4H,1-3H2. The predicted octanol–water partition coefficient (Wildman–Crippen LogP) is 4.50. The van der Waals surface area contributed by atoms with Gasteiger partial charge in [0, 0.05) is 11.8 Å². The van der Waals surface area contributed by atoms with Gasteiger partial charge < -0.3 is 9.53 Å². The van der Waals surface area contributed by atoms with Crippen LogP contribution in [0.15, 0.2) is 54.6 Å². The molecule has 0 fully saturated rings. The normalized spacial score (nSPS) is 9.36. The molecule has 0 radical (unpaired) electrons. The fraction of sp³-hybridized carbons (Fsp3) is 0.222. The molecule has 0 amide bonds. The molecule has 3 nitrogen and oxygen atoms in total. The van der Waals surface area contributed by atoms with Crippen LogP contribution in [0.3, 0.4) is 0 Å². The van der Waals surface area contributed by atoms with Crippen molar-refractivity contribution in [3.05, 3.63) is 60.2 Å². The van der Waals surface area contributed by atoms with E-state index >= 15 is 0 Å². The topological polar surface area (TPSA) is 43.4 Å². The minimum absolute atomic E-state index is 0.306. The number of carbonyl (C=O) groups is 2. The second-order valence-electron chi connectivity index (χ2n) is 4.43. The quantitative estimate of drug-likeness (QED) is 0.340. The molecule has 0 aromatic heterocycles. The van der Waals surface area contributed by atoms with Gasteiger partial charge in [0.25, 0.3) is 0 Å². The van der Waals surface area contributed by atoms with Crippen LogP contribution in [0.25, 0.3) is 11.1 Å². The molecule has 0 heterocycles. The maximum Gasteiger partial charge on any atom is 0.337 e.